The Kier molecular flexibility index (Phi) is 2.59. The van der Waals surface area contributed by atoms with E-state index in [9.17, 15) is 10.2 Å². The van der Waals surface area contributed by atoms with Gasteiger partial charge in [0.25, 0.3) is 0 Å². The predicted octanol–water partition coefficient (Wildman–Crippen LogP) is -1.29. The molecule has 18 heavy (non-hydrogen) atoms. The van der Waals surface area contributed by atoms with E-state index in [1.54, 1.807) is 0 Å². The largest absolute Gasteiger partial charge is 0.492 e. The number of aliphatic hydroxyl groups excluding tert-OH is 2. The number of aliphatic hydroxyl groups is 2. The van der Waals surface area contributed by atoms with Gasteiger partial charge in [0.05, 0.1) is 6.61 Å². The van der Waals surface area contributed by atoms with Crippen LogP contribution >= 0.6 is 0 Å². The van der Waals surface area contributed by atoms with Crippen molar-refractivity contribution in [3.05, 3.63) is 12.7 Å². The van der Waals surface area contributed by atoms with E-state index >= 15 is 0 Å². The Balaban J connectivity index is 1.99. The van der Waals surface area contributed by atoms with Gasteiger partial charge < -0.3 is 24.8 Å². The summed E-state index contributed by atoms with van der Waals surface area (Å²) in [6, 6.07) is 0. The molecular formula is C9H10N4O5. The van der Waals surface area contributed by atoms with Crippen LogP contribution in [0.15, 0.2) is 12.7 Å². The number of fused-ring (bicyclic) bond motifs is 1. The van der Waals surface area contributed by atoms with Gasteiger partial charge in [0, 0.05) is 0 Å². The molecule has 0 aliphatic carbocycles. The van der Waals surface area contributed by atoms with Gasteiger partial charge in [-0.05, 0) is 0 Å². The Hall–Kier alpha value is -1.81. The van der Waals surface area contributed by atoms with E-state index in [1.807, 2.05) is 0 Å². The van der Waals surface area contributed by atoms with Gasteiger partial charge in [-0.15, -0.1) is 0 Å². The number of rotatable bonds is 2. The molecule has 1 aliphatic heterocycles. The lowest BCUT2D eigenvalue weighted by Crippen LogP contribution is -2.25. The first-order valence-corrected chi connectivity index (χ1v) is 5.17. The molecule has 96 valence electrons. The first-order chi connectivity index (χ1) is 8.70. The molecule has 2 aromatic heterocycles. The number of aromatic hydroxyl groups is 1. The molecule has 3 atom stereocenters. The fourth-order valence-electron chi connectivity index (χ4n) is 1.71. The molecule has 9 heteroatoms. The molecule has 0 amide bonds. The second-order valence-corrected chi connectivity index (χ2v) is 3.71. The van der Waals surface area contributed by atoms with E-state index in [4.69, 9.17) is 14.6 Å². The van der Waals surface area contributed by atoms with Crippen molar-refractivity contribution in [1.82, 2.24) is 19.5 Å². The summed E-state index contributed by atoms with van der Waals surface area (Å²) in [6.45, 7) is -0.371. The monoisotopic (exact) mass is 254 g/mol. The number of nitrogens with zero attached hydrogens (tertiary/aromatic N) is 4. The van der Waals surface area contributed by atoms with Crippen molar-refractivity contribution in [1.29, 1.82) is 0 Å². The Morgan fingerprint density at radius 2 is 2.11 bits per heavy atom. The third-order valence-electron chi connectivity index (χ3n) is 2.61. The summed E-state index contributed by atoms with van der Waals surface area (Å²) < 4.78 is 11.8. The van der Waals surface area contributed by atoms with Crippen molar-refractivity contribution in [2.45, 2.75) is 18.8 Å². The molecule has 3 rings (SSSR count). The SMILES string of the molecule is OC[C@H]1O[C@@H](n2cnc3c(O)ncnc32)O[C@@H]1O. The van der Waals surface area contributed by atoms with E-state index in [2.05, 4.69) is 15.0 Å². The van der Waals surface area contributed by atoms with Crippen LogP contribution in [0.4, 0.5) is 0 Å². The highest BCUT2D eigenvalue weighted by Gasteiger charge is 2.36. The lowest BCUT2D eigenvalue weighted by Gasteiger charge is -2.11. The van der Waals surface area contributed by atoms with Crippen LogP contribution in [0.3, 0.4) is 0 Å². The quantitative estimate of drug-likeness (QED) is 0.605. The summed E-state index contributed by atoms with van der Waals surface area (Å²) in [5.74, 6) is -0.254. The number of hydrogen-bond acceptors (Lipinski definition) is 8. The molecule has 1 fully saturated rings. The highest BCUT2D eigenvalue weighted by atomic mass is 16.8. The van der Waals surface area contributed by atoms with Crippen molar-refractivity contribution in [3.8, 4) is 5.88 Å². The van der Waals surface area contributed by atoms with Gasteiger partial charge in [-0.1, -0.05) is 0 Å². The first kappa shape index (κ1) is 11.3. The highest BCUT2D eigenvalue weighted by molar-refractivity contribution is 5.75. The highest BCUT2D eigenvalue weighted by Crippen LogP contribution is 2.29. The normalized spacial score (nSPS) is 28.0. The Morgan fingerprint density at radius 1 is 1.28 bits per heavy atom. The van der Waals surface area contributed by atoms with Gasteiger partial charge in [-0.25, -0.2) is 9.97 Å². The van der Waals surface area contributed by atoms with E-state index in [0.717, 1.165) is 0 Å². The smallest absolute Gasteiger partial charge is 0.249 e. The average Bonchev–Trinajstić information content (AvgIpc) is 2.93. The minimum atomic E-state index is -1.23. The van der Waals surface area contributed by atoms with Gasteiger partial charge in [0.15, 0.2) is 17.5 Å². The van der Waals surface area contributed by atoms with Gasteiger partial charge >= 0.3 is 0 Å². The van der Waals surface area contributed by atoms with Crippen molar-refractivity contribution in [3.63, 3.8) is 0 Å². The van der Waals surface area contributed by atoms with Crippen LogP contribution in [-0.4, -0.2) is 53.8 Å². The minimum absolute atomic E-state index is 0.201. The third-order valence-corrected chi connectivity index (χ3v) is 2.61. The minimum Gasteiger partial charge on any atom is -0.492 e. The summed E-state index contributed by atoms with van der Waals surface area (Å²) in [4.78, 5) is 11.5. The summed E-state index contributed by atoms with van der Waals surface area (Å²) in [5, 5.41) is 27.9. The maximum Gasteiger partial charge on any atom is 0.249 e. The van der Waals surface area contributed by atoms with Gasteiger partial charge in [-0.2, -0.15) is 4.98 Å². The van der Waals surface area contributed by atoms with Crippen LogP contribution in [0, 0.1) is 0 Å². The first-order valence-electron chi connectivity index (χ1n) is 5.17. The van der Waals surface area contributed by atoms with Crippen molar-refractivity contribution in [2.75, 3.05) is 6.61 Å². The predicted molar refractivity (Wildman–Crippen MR) is 55.1 cm³/mol. The average molecular weight is 254 g/mol. The van der Waals surface area contributed by atoms with Crippen LogP contribution in [0.2, 0.25) is 0 Å². The van der Waals surface area contributed by atoms with Gasteiger partial charge in [-0.3, -0.25) is 4.57 Å². The topological polar surface area (TPSA) is 123 Å². The number of hydrogen-bond donors (Lipinski definition) is 3. The third kappa shape index (κ3) is 1.61. The number of imidazole rings is 1. The molecule has 0 spiro atoms. The lowest BCUT2D eigenvalue weighted by molar-refractivity contribution is -0.153. The second-order valence-electron chi connectivity index (χ2n) is 3.71. The summed E-state index contributed by atoms with van der Waals surface area (Å²) >= 11 is 0. The maximum atomic E-state index is 9.48. The molecular weight excluding hydrogens is 244 g/mol. The van der Waals surface area contributed by atoms with Gasteiger partial charge in [0.1, 0.15) is 18.8 Å². The molecule has 0 aromatic carbocycles. The number of aromatic nitrogens is 4. The lowest BCUT2D eigenvalue weighted by atomic mass is 10.4. The van der Waals surface area contributed by atoms with Crippen LogP contribution in [0.5, 0.6) is 5.88 Å². The molecule has 9 nitrogen and oxygen atoms in total. The Labute approximate surface area is 100 Å². The van der Waals surface area contributed by atoms with Crippen molar-refractivity contribution < 1.29 is 24.8 Å². The standard InChI is InChI=1S/C9H10N4O5/c14-1-4-8(16)18-9(17-4)13-3-12-5-6(13)10-2-11-7(5)15/h2-4,8-9,14,16H,1H2,(H,10,11,15)/t4-,8+,9-/m1/s1. The molecule has 1 saturated heterocycles. The zero-order valence-electron chi connectivity index (χ0n) is 9.04. The molecule has 0 radical (unpaired) electrons. The fourth-order valence-corrected chi connectivity index (χ4v) is 1.71. The fraction of sp³-hybridized carbons (Fsp3) is 0.444. The van der Waals surface area contributed by atoms with Crippen LogP contribution in [0.25, 0.3) is 11.2 Å². The second kappa shape index (κ2) is 4.14. The van der Waals surface area contributed by atoms with Crippen LogP contribution < -0.4 is 0 Å². The van der Waals surface area contributed by atoms with E-state index in [-0.39, 0.29) is 18.0 Å². The molecule has 0 bridgehead atoms. The Bertz CT molecular complexity index is 573. The molecule has 0 saturated carbocycles. The molecule has 2 aromatic rings. The molecule has 0 unspecified atom stereocenters. The van der Waals surface area contributed by atoms with E-state index in [0.29, 0.717) is 5.65 Å². The van der Waals surface area contributed by atoms with E-state index in [1.165, 1.54) is 17.2 Å². The number of ether oxygens (including phenoxy) is 2. The van der Waals surface area contributed by atoms with Crippen LogP contribution in [0.1, 0.15) is 6.41 Å². The maximum absolute atomic E-state index is 9.48. The zero-order valence-corrected chi connectivity index (χ0v) is 9.04. The van der Waals surface area contributed by atoms with Crippen molar-refractivity contribution >= 4 is 11.2 Å². The Morgan fingerprint density at radius 3 is 2.83 bits per heavy atom. The summed E-state index contributed by atoms with van der Waals surface area (Å²) in [5.41, 5.74) is 0.505. The zero-order chi connectivity index (χ0) is 12.7. The summed E-state index contributed by atoms with van der Waals surface area (Å²) in [6.07, 6.45) is -0.506. The molecule has 3 N–H and O–H groups in total. The molecule has 1 aliphatic rings. The van der Waals surface area contributed by atoms with E-state index < -0.39 is 18.8 Å². The summed E-state index contributed by atoms with van der Waals surface area (Å²) in [7, 11) is 0. The van der Waals surface area contributed by atoms with Crippen LogP contribution in [-0.2, 0) is 9.47 Å². The molecule has 3 heterocycles. The van der Waals surface area contributed by atoms with Crippen molar-refractivity contribution in [2.24, 2.45) is 0 Å². The van der Waals surface area contributed by atoms with Gasteiger partial charge in [0.2, 0.25) is 12.3 Å².